The summed E-state index contributed by atoms with van der Waals surface area (Å²) < 4.78 is 29.9. The minimum Gasteiger partial charge on any atom is -0.457 e. The van der Waals surface area contributed by atoms with Crippen LogP contribution in [0.25, 0.3) is 0 Å². The monoisotopic (exact) mass is 499 g/mol. The first kappa shape index (κ1) is 31.3. The molecule has 0 saturated carbocycles. The van der Waals surface area contributed by atoms with E-state index >= 15 is 0 Å². The smallest absolute Gasteiger partial charge is 0.326 e. The van der Waals surface area contributed by atoms with Crippen LogP contribution in [-0.2, 0) is 9.47 Å². The fourth-order valence-corrected chi connectivity index (χ4v) is 2.83. The molecule has 0 fully saturated rings. The maximum Gasteiger partial charge on any atom is 0.326 e. The standard InChI is InChI=1S/C26H49N3O6/c1-22(2,3)31-17-14-25(9,10)34-20-27-19(33-24(7,8)13-16-30)28-21(29-20)35-26(11,12)15-18-32-23(4,5)6/h30H,13-18H2,1-12H3. The van der Waals surface area contributed by atoms with E-state index in [-0.39, 0.29) is 35.8 Å². The van der Waals surface area contributed by atoms with E-state index in [1.807, 2.05) is 83.1 Å². The Morgan fingerprint density at radius 3 is 1.06 bits per heavy atom. The summed E-state index contributed by atoms with van der Waals surface area (Å²) in [6, 6.07) is 0.284. The molecular formula is C26H49N3O6. The average Bonchev–Trinajstić information content (AvgIpc) is 2.56. The maximum atomic E-state index is 9.37. The summed E-state index contributed by atoms with van der Waals surface area (Å²) in [4.78, 5) is 13.2. The molecule has 0 saturated heterocycles. The lowest BCUT2D eigenvalue weighted by Crippen LogP contribution is -2.34. The van der Waals surface area contributed by atoms with Crippen LogP contribution in [0.2, 0.25) is 0 Å². The normalized spacial score (nSPS) is 13.6. The van der Waals surface area contributed by atoms with Crippen LogP contribution in [-0.4, -0.2) is 67.9 Å². The minimum absolute atomic E-state index is 0.0214. The van der Waals surface area contributed by atoms with E-state index in [0.29, 0.717) is 32.5 Å². The van der Waals surface area contributed by atoms with Gasteiger partial charge < -0.3 is 28.8 Å². The lowest BCUT2D eigenvalue weighted by Gasteiger charge is -2.29. The summed E-state index contributed by atoms with van der Waals surface area (Å²) in [5.41, 5.74) is -2.34. The molecule has 204 valence electrons. The number of ether oxygens (including phenoxy) is 5. The van der Waals surface area contributed by atoms with Gasteiger partial charge in [-0.25, -0.2) is 0 Å². The lowest BCUT2D eigenvalue weighted by molar-refractivity contribution is -0.0335. The predicted molar refractivity (Wildman–Crippen MR) is 136 cm³/mol. The highest BCUT2D eigenvalue weighted by atomic mass is 16.6. The summed E-state index contributed by atoms with van der Waals surface area (Å²) in [5.74, 6) is 0. The van der Waals surface area contributed by atoms with Gasteiger partial charge in [0.2, 0.25) is 0 Å². The Balaban J connectivity index is 3.09. The van der Waals surface area contributed by atoms with Crippen molar-refractivity contribution in [3.05, 3.63) is 0 Å². The molecule has 0 aliphatic heterocycles. The Morgan fingerprint density at radius 2 is 0.800 bits per heavy atom. The highest BCUT2D eigenvalue weighted by Gasteiger charge is 2.28. The van der Waals surface area contributed by atoms with Crippen molar-refractivity contribution < 1.29 is 28.8 Å². The van der Waals surface area contributed by atoms with Crippen molar-refractivity contribution in [3.63, 3.8) is 0 Å². The number of aromatic nitrogens is 3. The molecule has 0 amide bonds. The van der Waals surface area contributed by atoms with Gasteiger partial charge in [0.15, 0.2) is 0 Å². The molecule has 0 bridgehead atoms. The molecule has 1 aromatic rings. The van der Waals surface area contributed by atoms with Gasteiger partial charge in [0.25, 0.3) is 0 Å². The van der Waals surface area contributed by atoms with Crippen molar-refractivity contribution in [2.24, 2.45) is 0 Å². The zero-order valence-electron chi connectivity index (χ0n) is 24.1. The molecule has 9 heteroatoms. The van der Waals surface area contributed by atoms with Crippen molar-refractivity contribution in [1.82, 2.24) is 15.0 Å². The molecule has 1 heterocycles. The molecule has 1 N–H and O–H groups in total. The molecule has 0 atom stereocenters. The van der Waals surface area contributed by atoms with Crippen LogP contribution in [0, 0.1) is 0 Å². The van der Waals surface area contributed by atoms with Crippen LogP contribution in [0.1, 0.15) is 102 Å². The molecular weight excluding hydrogens is 450 g/mol. The van der Waals surface area contributed by atoms with Crippen LogP contribution in [0.5, 0.6) is 18.0 Å². The zero-order valence-corrected chi connectivity index (χ0v) is 24.1. The van der Waals surface area contributed by atoms with Crippen LogP contribution in [0.4, 0.5) is 0 Å². The fourth-order valence-electron chi connectivity index (χ4n) is 2.83. The second-order valence-electron chi connectivity index (χ2n) is 12.7. The van der Waals surface area contributed by atoms with Crippen molar-refractivity contribution >= 4 is 0 Å². The van der Waals surface area contributed by atoms with Gasteiger partial charge in [-0.1, -0.05) is 0 Å². The summed E-state index contributed by atoms with van der Waals surface area (Å²) in [7, 11) is 0. The number of hydrogen-bond acceptors (Lipinski definition) is 9. The first-order chi connectivity index (χ1) is 15.7. The Hall–Kier alpha value is -1.71. The van der Waals surface area contributed by atoms with E-state index in [1.165, 1.54) is 0 Å². The molecule has 0 aliphatic rings. The topological polar surface area (TPSA) is 105 Å². The van der Waals surface area contributed by atoms with E-state index in [9.17, 15) is 5.11 Å². The number of aliphatic hydroxyl groups excluding tert-OH is 1. The molecule has 1 rings (SSSR count). The number of hydrogen-bond donors (Lipinski definition) is 1. The quantitative estimate of drug-likeness (QED) is 0.372. The van der Waals surface area contributed by atoms with Crippen LogP contribution >= 0.6 is 0 Å². The Kier molecular flexibility index (Phi) is 10.8. The van der Waals surface area contributed by atoms with E-state index in [0.717, 1.165) is 0 Å². The first-order valence-corrected chi connectivity index (χ1v) is 12.4. The Morgan fingerprint density at radius 1 is 0.514 bits per heavy atom. The zero-order chi connectivity index (χ0) is 27.1. The second-order valence-corrected chi connectivity index (χ2v) is 12.7. The summed E-state index contributed by atoms with van der Waals surface area (Å²) >= 11 is 0. The van der Waals surface area contributed by atoms with Gasteiger partial charge in [-0.05, 0) is 83.1 Å². The maximum absolute atomic E-state index is 9.37. The van der Waals surface area contributed by atoms with Crippen LogP contribution < -0.4 is 14.2 Å². The highest BCUT2D eigenvalue weighted by molar-refractivity contribution is 5.11. The van der Waals surface area contributed by atoms with Crippen molar-refractivity contribution in [2.75, 3.05) is 19.8 Å². The largest absolute Gasteiger partial charge is 0.457 e. The molecule has 0 unspecified atom stereocenters. The number of aliphatic hydroxyl groups is 1. The Bertz CT molecular complexity index is 730. The van der Waals surface area contributed by atoms with Crippen molar-refractivity contribution in [1.29, 1.82) is 0 Å². The number of rotatable bonds is 14. The van der Waals surface area contributed by atoms with Gasteiger partial charge in [0, 0.05) is 25.9 Å². The van der Waals surface area contributed by atoms with E-state index in [1.54, 1.807) is 0 Å². The van der Waals surface area contributed by atoms with E-state index in [2.05, 4.69) is 15.0 Å². The third-order valence-electron chi connectivity index (χ3n) is 4.87. The average molecular weight is 500 g/mol. The Labute approximate surface area is 212 Å². The molecule has 0 radical (unpaired) electrons. The molecule has 0 aliphatic carbocycles. The molecule has 0 aromatic carbocycles. The SMILES string of the molecule is CC(C)(C)OCCC(C)(C)Oc1nc(OC(C)(C)CCO)nc(OC(C)(C)CCOC(C)(C)C)n1. The number of nitrogens with zero attached hydrogens (tertiary/aromatic N) is 3. The summed E-state index contributed by atoms with van der Waals surface area (Å²) in [5, 5.41) is 9.37. The predicted octanol–water partition coefficient (Wildman–Crippen LogP) is 5.14. The summed E-state index contributed by atoms with van der Waals surface area (Å²) in [6.45, 7) is 24.6. The third kappa shape index (κ3) is 14.4. The van der Waals surface area contributed by atoms with Gasteiger partial charge in [0.1, 0.15) is 16.8 Å². The van der Waals surface area contributed by atoms with Gasteiger partial charge in [-0.3, -0.25) is 0 Å². The third-order valence-corrected chi connectivity index (χ3v) is 4.87. The van der Waals surface area contributed by atoms with Crippen LogP contribution in [0.3, 0.4) is 0 Å². The molecule has 35 heavy (non-hydrogen) atoms. The van der Waals surface area contributed by atoms with E-state index in [4.69, 9.17) is 23.7 Å². The van der Waals surface area contributed by atoms with Gasteiger partial charge in [0.05, 0.1) is 24.4 Å². The lowest BCUT2D eigenvalue weighted by atomic mass is 10.1. The van der Waals surface area contributed by atoms with E-state index < -0.39 is 16.8 Å². The van der Waals surface area contributed by atoms with Gasteiger partial charge >= 0.3 is 18.0 Å². The highest BCUT2D eigenvalue weighted by Crippen LogP contribution is 2.27. The minimum atomic E-state index is -0.684. The molecule has 0 spiro atoms. The summed E-state index contributed by atoms with van der Waals surface area (Å²) in [6.07, 6.45) is 1.68. The first-order valence-electron chi connectivity index (χ1n) is 12.4. The molecule has 1 aromatic heterocycles. The van der Waals surface area contributed by atoms with Crippen LogP contribution in [0.15, 0.2) is 0 Å². The molecule has 9 nitrogen and oxygen atoms in total. The van der Waals surface area contributed by atoms with Gasteiger partial charge in [-0.15, -0.1) is 15.0 Å². The van der Waals surface area contributed by atoms with Crippen molar-refractivity contribution in [3.8, 4) is 18.0 Å². The van der Waals surface area contributed by atoms with Gasteiger partial charge in [-0.2, -0.15) is 0 Å². The fraction of sp³-hybridized carbons (Fsp3) is 0.885. The second kappa shape index (κ2) is 12.0. The van der Waals surface area contributed by atoms with Crippen molar-refractivity contribution in [2.45, 2.75) is 130 Å².